The van der Waals surface area contributed by atoms with Gasteiger partial charge in [-0.1, -0.05) is 61.0 Å². The third-order valence-electron chi connectivity index (χ3n) is 7.07. The summed E-state index contributed by atoms with van der Waals surface area (Å²) in [5, 5.41) is 14.8. The fourth-order valence-corrected chi connectivity index (χ4v) is 4.97. The maximum atomic E-state index is 13.0. The Bertz CT molecular complexity index is 1250. The maximum absolute atomic E-state index is 13.0. The van der Waals surface area contributed by atoms with Crippen molar-refractivity contribution in [1.29, 1.82) is 0 Å². The molecule has 0 unspecified atom stereocenters. The molecule has 0 aliphatic heterocycles. The summed E-state index contributed by atoms with van der Waals surface area (Å²) >= 11 is 0. The number of fused-ring (bicyclic) bond motifs is 3. The van der Waals surface area contributed by atoms with Crippen molar-refractivity contribution in [2.24, 2.45) is 5.41 Å². The Morgan fingerprint density at radius 3 is 2.17 bits per heavy atom. The first-order valence-electron chi connectivity index (χ1n) is 11.7. The second-order valence-electron chi connectivity index (χ2n) is 9.15. The lowest BCUT2D eigenvalue weighted by atomic mass is 9.68. The van der Waals surface area contributed by atoms with Gasteiger partial charge in [0.05, 0.1) is 11.0 Å². The molecule has 5 rings (SSSR count). The third-order valence-corrected chi connectivity index (χ3v) is 7.07. The van der Waals surface area contributed by atoms with E-state index >= 15 is 0 Å². The number of hydrogen-bond donors (Lipinski definition) is 3. The summed E-state index contributed by atoms with van der Waals surface area (Å²) in [6.45, 7) is 0.370. The molecule has 0 heterocycles. The minimum absolute atomic E-state index is 0.0318. The normalized spacial score (nSPS) is 15.3. The van der Waals surface area contributed by atoms with E-state index in [0.717, 1.165) is 28.7 Å². The van der Waals surface area contributed by atoms with Crippen LogP contribution in [0.3, 0.4) is 0 Å². The van der Waals surface area contributed by atoms with Crippen molar-refractivity contribution < 1.29 is 24.2 Å². The zero-order valence-electron chi connectivity index (χ0n) is 19.1. The molecule has 35 heavy (non-hydrogen) atoms. The molecule has 178 valence electrons. The Kier molecular flexibility index (Phi) is 5.99. The highest BCUT2D eigenvalue weighted by Crippen LogP contribution is 2.44. The second-order valence-corrected chi connectivity index (χ2v) is 9.15. The molecule has 7 nitrogen and oxygen atoms in total. The molecule has 0 radical (unpaired) electrons. The lowest BCUT2D eigenvalue weighted by Crippen LogP contribution is -2.50. The number of carbonyl (C=O) groups is 3. The molecule has 2 amide bonds. The van der Waals surface area contributed by atoms with Gasteiger partial charge in [-0.05, 0) is 53.3 Å². The molecule has 0 saturated heterocycles. The summed E-state index contributed by atoms with van der Waals surface area (Å²) < 4.78 is 5.60. The number of hydrogen-bond acceptors (Lipinski definition) is 4. The van der Waals surface area contributed by atoms with Gasteiger partial charge in [-0.2, -0.15) is 0 Å². The summed E-state index contributed by atoms with van der Waals surface area (Å²) in [7, 11) is 0. The van der Waals surface area contributed by atoms with Crippen molar-refractivity contribution in [2.45, 2.75) is 25.2 Å². The SMILES string of the molecule is O=C(NCC1(C(=O)Nc2cccc(C(=O)O)c2)CCC1)OCC1c2ccccc2-c2ccccc21. The van der Waals surface area contributed by atoms with Crippen LogP contribution in [-0.4, -0.2) is 36.2 Å². The molecule has 7 heteroatoms. The van der Waals surface area contributed by atoms with E-state index in [1.807, 2.05) is 24.3 Å². The number of rotatable bonds is 7. The topological polar surface area (TPSA) is 105 Å². The van der Waals surface area contributed by atoms with Gasteiger partial charge in [0.25, 0.3) is 0 Å². The standard InChI is InChI=1S/C28H26N2O5/c31-25(32)18-7-5-8-19(15-18)30-26(33)28(13-6-14-28)17-29-27(34)35-16-24-22-11-3-1-9-20(22)21-10-2-4-12-23(21)24/h1-5,7-12,15,24H,6,13-14,16-17H2,(H,29,34)(H,30,33)(H,31,32). The van der Waals surface area contributed by atoms with E-state index in [2.05, 4.69) is 34.9 Å². The summed E-state index contributed by atoms with van der Waals surface area (Å²) in [5.74, 6) is -1.32. The van der Waals surface area contributed by atoms with Gasteiger partial charge in [-0.25, -0.2) is 9.59 Å². The second kappa shape index (κ2) is 9.25. The zero-order chi connectivity index (χ0) is 24.4. The van der Waals surface area contributed by atoms with Crippen LogP contribution < -0.4 is 10.6 Å². The fraction of sp³-hybridized carbons (Fsp3) is 0.250. The monoisotopic (exact) mass is 470 g/mol. The minimum atomic E-state index is -1.06. The number of carboxylic acids is 1. The molecule has 1 fully saturated rings. The molecule has 1 saturated carbocycles. The first kappa shape index (κ1) is 22.7. The molecule has 0 atom stereocenters. The van der Waals surface area contributed by atoms with Gasteiger partial charge in [-0.3, -0.25) is 4.79 Å². The van der Waals surface area contributed by atoms with E-state index in [-0.39, 0.29) is 30.5 Å². The number of benzene rings is 3. The summed E-state index contributed by atoms with van der Waals surface area (Å²) in [6, 6.07) is 22.4. The van der Waals surface area contributed by atoms with Crippen molar-refractivity contribution in [1.82, 2.24) is 5.32 Å². The highest BCUT2D eigenvalue weighted by Gasteiger charge is 2.44. The largest absolute Gasteiger partial charge is 0.478 e. The molecule has 2 aliphatic carbocycles. The molecule has 0 aromatic heterocycles. The molecule has 0 spiro atoms. The molecule has 3 aromatic carbocycles. The van der Waals surface area contributed by atoms with E-state index in [4.69, 9.17) is 9.84 Å². The van der Waals surface area contributed by atoms with E-state index < -0.39 is 17.5 Å². The molecule has 3 aromatic rings. The minimum Gasteiger partial charge on any atom is -0.478 e. The molecular formula is C28H26N2O5. The fourth-order valence-electron chi connectivity index (χ4n) is 4.97. The molecule has 3 N–H and O–H groups in total. The number of anilines is 1. The lowest BCUT2D eigenvalue weighted by Gasteiger charge is -2.40. The Morgan fingerprint density at radius 2 is 1.57 bits per heavy atom. The Balaban J connectivity index is 1.20. The smallest absolute Gasteiger partial charge is 0.407 e. The van der Waals surface area contributed by atoms with Gasteiger partial charge in [0.15, 0.2) is 0 Å². The number of carboxylic acid groups (broad SMARTS) is 1. The Hall–Kier alpha value is -4.13. The van der Waals surface area contributed by atoms with Crippen LogP contribution >= 0.6 is 0 Å². The maximum Gasteiger partial charge on any atom is 0.407 e. The summed E-state index contributed by atoms with van der Waals surface area (Å²) in [5.41, 5.74) is 4.39. The Morgan fingerprint density at radius 1 is 0.914 bits per heavy atom. The van der Waals surface area contributed by atoms with Crippen LogP contribution in [-0.2, 0) is 9.53 Å². The quantitative estimate of drug-likeness (QED) is 0.449. The average Bonchev–Trinajstić information content (AvgIpc) is 3.16. The first-order chi connectivity index (χ1) is 17.0. The van der Waals surface area contributed by atoms with Crippen molar-refractivity contribution in [3.63, 3.8) is 0 Å². The highest BCUT2D eigenvalue weighted by molar-refractivity contribution is 5.97. The molecule has 0 bridgehead atoms. The summed E-state index contributed by atoms with van der Waals surface area (Å²) in [4.78, 5) is 36.8. The van der Waals surface area contributed by atoms with Crippen LogP contribution in [0.5, 0.6) is 0 Å². The van der Waals surface area contributed by atoms with E-state index in [0.29, 0.717) is 18.5 Å². The number of alkyl carbamates (subject to hydrolysis) is 1. The average molecular weight is 471 g/mol. The predicted molar refractivity (Wildman–Crippen MR) is 131 cm³/mol. The van der Waals surface area contributed by atoms with Crippen LogP contribution in [0.15, 0.2) is 72.8 Å². The van der Waals surface area contributed by atoms with Crippen LogP contribution in [0.4, 0.5) is 10.5 Å². The lowest BCUT2D eigenvalue weighted by molar-refractivity contribution is -0.129. The number of ether oxygens (including phenoxy) is 1. The van der Waals surface area contributed by atoms with Gasteiger partial charge in [0.2, 0.25) is 5.91 Å². The van der Waals surface area contributed by atoms with Crippen LogP contribution in [0.2, 0.25) is 0 Å². The van der Waals surface area contributed by atoms with E-state index in [1.54, 1.807) is 12.1 Å². The summed E-state index contributed by atoms with van der Waals surface area (Å²) in [6.07, 6.45) is 1.61. The number of amides is 2. The van der Waals surface area contributed by atoms with Crippen LogP contribution in [0.25, 0.3) is 11.1 Å². The van der Waals surface area contributed by atoms with Crippen molar-refractivity contribution in [2.75, 3.05) is 18.5 Å². The number of nitrogens with one attached hydrogen (secondary N) is 2. The van der Waals surface area contributed by atoms with Crippen molar-refractivity contribution in [3.8, 4) is 11.1 Å². The first-order valence-corrected chi connectivity index (χ1v) is 11.7. The van der Waals surface area contributed by atoms with Crippen LogP contribution in [0.1, 0.15) is 46.7 Å². The zero-order valence-corrected chi connectivity index (χ0v) is 19.1. The van der Waals surface area contributed by atoms with Gasteiger partial charge in [0, 0.05) is 18.2 Å². The van der Waals surface area contributed by atoms with Gasteiger partial charge < -0.3 is 20.5 Å². The third kappa shape index (κ3) is 4.37. The van der Waals surface area contributed by atoms with Crippen molar-refractivity contribution in [3.05, 3.63) is 89.5 Å². The highest BCUT2D eigenvalue weighted by atomic mass is 16.5. The van der Waals surface area contributed by atoms with Gasteiger partial charge in [0.1, 0.15) is 6.61 Å². The Labute approximate surface area is 203 Å². The van der Waals surface area contributed by atoms with Crippen molar-refractivity contribution >= 4 is 23.7 Å². The number of aromatic carboxylic acids is 1. The predicted octanol–water partition coefficient (Wildman–Crippen LogP) is 5.03. The van der Waals surface area contributed by atoms with E-state index in [9.17, 15) is 14.4 Å². The van der Waals surface area contributed by atoms with Crippen LogP contribution in [0, 0.1) is 5.41 Å². The number of carbonyl (C=O) groups excluding carboxylic acids is 2. The van der Waals surface area contributed by atoms with E-state index in [1.165, 1.54) is 12.1 Å². The van der Waals surface area contributed by atoms with Gasteiger partial charge in [-0.15, -0.1) is 0 Å². The molecule has 2 aliphatic rings. The van der Waals surface area contributed by atoms with Gasteiger partial charge >= 0.3 is 12.1 Å². The molecular weight excluding hydrogens is 444 g/mol.